The molecule has 1 aliphatic rings. The Kier molecular flexibility index (Phi) is 3.10. The molecule has 0 aromatic carbocycles. The Bertz CT molecular complexity index is 492. The maximum Gasteiger partial charge on any atom is 0.226 e. The fraction of sp³-hybridized carbons (Fsp3) is 0.583. The Hall–Kier alpha value is -1.69. The van der Waals surface area contributed by atoms with E-state index in [9.17, 15) is 0 Å². The van der Waals surface area contributed by atoms with Gasteiger partial charge in [0.15, 0.2) is 5.82 Å². The topological polar surface area (TPSA) is 70.8 Å². The largest absolute Gasteiger partial charge is 0.348 e. The van der Waals surface area contributed by atoms with Crippen LogP contribution in [0.5, 0.6) is 0 Å². The molecule has 0 aliphatic carbocycles. The number of imidazole rings is 1. The third-order valence-corrected chi connectivity index (χ3v) is 3.36. The van der Waals surface area contributed by atoms with Gasteiger partial charge in [-0.15, -0.1) is 0 Å². The second-order valence-electron chi connectivity index (χ2n) is 4.56. The van der Waals surface area contributed by atoms with Gasteiger partial charge in [-0.25, -0.2) is 4.98 Å². The van der Waals surface area contributed by atoms with Crippen LogP contribution in [0.2, 0.25) is 0 Å². The average molecular weight is 247 g/mol. The maximum absolute atomic E-state index is 5.20. The SMILES string of the molecule is CCc1nc(C2CCCN2Cc2ncc[nH]2)no1. The van der Waals surface area contributed by atoms with Gasteiger partial charge in [0.25, 0.3) is 0 Å². The number of nitrogens with one attached hydrogen (secondary N) is 1. The van der Waals surface area contributed by atoms with Crippen molar-refractivity contribution in [3.8, 4) is 0 Å². The summed E-state index contributed by atoms with van der Waals surface area (Å²) in [5, 5.41) is 4.09. The number of rotatable bonds is 4. The van der Waals surface area contributed by atoms with Gasteiger partial charge in [0.1, 0.15) is 5.82 Å². The lowest BCUT2D eigenvalue weighted by atomic mass is 10.2. The average Bonchev–Trinajstić information content (AvgIpc) is 3.09. The summed E-state index contributed by atoms with van der Waals surface area (Å²) >= 11 is 0. The van der Waals surface area contributed by atoms with Crippen LogP contribution in [0.15, 0.2) is 16.9 Å². The lowest BCUT2D eigenvalue weighted by molar-refractivity contribution is 0.229. The fourth-order valence-corrected chi connectivity index (χ4v) is 2.43. The molecule has 0 radical (unpaired) electrons. The second kappa shape index (κ2) is 4.89. The number of nitrogens with zero attached hydrogens (tertiary/aromatic N) is 4. The van der Waals surface area contributed by atoms with Crippen LogP contribution >= 0.6 is 0 Å². The lowest BCUT2D eigenvalue weighted by Crippen LogP contribution is -2.24. The molecule has 0 spiro atoms. The predicted octanol–water partition coefficient (Wildman–Crippen LogP) is 1.69. The maximum atomic E-state index is 5.20. The fourth-order valence-electron chi connectivity index (χ4n) is 2.43. The van der Waals surface area contributed by atoms with Gasteiger partial charge in [0, 0.05) is 18.8 Å². The molecule has 1 atom stereocenters. The van der Waals surface area contributed by atoms with E-state index in [1.54, 1.807) is 6.20 Å². The van der Waals surface area contributed by atoms with Crippen LogP contribution in [0.3, 0.4) is 0 Å². The van der Waals surface area contributed by atoms with Gasteiger partial charge in [-0.1, -0.05) is 12.1 Å². The summed E-state index contributed by atoms with van der Waals surface area (Å²) < 4.78 is 5.20. The smallest absolute Gasteiger partial charge is 0.226 e. The van der Waals surface area contributed by atoms with Crippen molar-refractivity contribution in [3.63, 3.8) is 0 Å². The summed E-state index contributed by atoms with van der Waals surface area (Å²) in [4.78, 5) is 14.2. The molecule has 1 saturated heterocycles. The van der Waals surface area contributed by atoms with Crippen LogP contribution < -0.4 is 0 Å². The first-order valence-corrected chi connectivity index (χ1v) is 6.41. The molecule has 3 rings (SSSR count). The van der Waals surface area contributed by atoms with E-state index >= 15 is 0 Å². The molecule has 1 N–H and O–H groups in total. The van der Waals surface area contributed by atoms with Gasteiger partial charge in [0.2, 0.25) is 5.89 Å². The van der Waals surface area contributed by atoms with Crippen molar-refractivity contribution >= 4 is 0 Å². The van der Waals surface area contributed by atoms with Crippen LogP contribution in [0, 0.1) is 0 Å². The zero-order valence-electron chi connectivity index (χ0n) is 10.5. The molecule has 2 aromatic heterocycles. The standard InChI is InChI=1S/C12H17N5O/c1-2-11-15-12(16-18-11)9-4-3-7-17(9)8-10-13-5-6-14-10/h5-6,9H,2-4,7-8H2,1H3,(H,13,14). The highest BCUT2D eigenvalue weighted by molar-refractivity contribution is 4.99. The molecule has 18 heavy (non-hydrogen) atoms. The highest BCUT2D eigenvalue weighted by Crippen LogP contribution is 2.30. The van der Waals surface area contributed by atoms with E-state index < -0.39 is 0 Å². The van der Waals surface area contributed by atoms with E-state index in [1.807, 2.05) is 13.1 Å². The van der Waals surface area contributed by atoms with Gasteiger partial charge in [-0.3, -0.25) is 4.90 Å². The Balaban J connectivity index is 1.74. The summed E-state index contributed by atoms with van der Waals surface area (Å²) in [7, 11) is 0. The van der Waals surface area contributed by atoms with Crippen LogP contribution in [-0.4, -0.2) is 31.6 Å². The van der Waals surface area contributed by atoms with E-state index in [0.29, 0.717) is 0 Å². The molecule has 6 nitrogen and oxygen atoms in total. The molecule has 0 saturated carbocycles. The number of aryl methyl sites for hydroxylation is 1. The number of hydrogen-bond donors (Lipinski definition) is 1. The van der Waals surface area contributed by atoms with Crippen molar-refractivity contribution in [1.82, 2.24) is 25.0 Å². The van der Waals surface area contributed by atoms with Crippen LogP contribution in [0.25, 0.3) is 0 Å². The summed E-state index contributed by atoms with van der Waals surface area (Å²) in [5.41, 5.74) is 0. The highest BCUT2D eigenvalue weighted by atomic mass is 16.5. The zero-order chi connectivity index (χ0) is 12.4. The normalized spacial score (nSPS) is 20.6. The molecule has 1 aliphatic heterocycles. The molecule has 6 heteroatoms. The first-order valence-electron chi connectivity index (χ1n) is 6.41. The van der Waals surface area contributed by atoms with E-state index in [0.717, 1.165) is 43.5 Å². The van der Waals surface area contributed by atoms with Crippen molar-refractivity contribution in [3.05, 3.63) is 29.9 Å². The number of likely N-dealkylation sites (tertiary alicyclic amines) is 1. The number of aromatic nitrogens is 4. The zero-order valence-corrected chi connectivity index (χ0v) is 10.5. The van der Waals surface area contributed by atoms with Gasteiger partial charge >= 0.3 is 0 Å². The summed E-state index contributed by atoms with van der Waals surface area (Å²) in [6.45, 7) is 3.89. The Labute approximate surface area is 105 Å². The number of aromatic amines is 1. The Morgan fingerprint density at radius 2 is 2.50 bits per heavy atom. The molecule has 1 unspecified atom stereocenters. The highest BCUT2D eigenvalue weighted by Gasteiger charge is 2.30. The first kappa shape index (κ1) is 11.4. The molecule has 2 aromatic rings. The first-order chi connectivity index (χ1) is 8.86. The Morgan fingerprint density at radius 3 is 3.22 bits per heavy atom. The van der Waals surface area contributed by atoms with Crippen molar-refractivity contribution in [1.29, 1.82) is 0 Å². The van der Waals surface area contributed by atoms with Gasteiger partial charge in [-0.05, 0) is 19.4 Å². The monoisotopic (exact) mass is 247 g/mol. The minimum atomic E-state index is 0.263. The number of hydrogen-bond acceptors (Lipinski definition) is 5. The van der Waals surface area contributed by atoms with E-state index in [-0.39, 0.29) is 6.04 Å². The quantitative estimate of drug-likeness (QED) is 0.890. The second-order valence-corrected chi connectivity index (χ2v) is 4.56. The number of H-pyrrole nitrogens is 1. The van der Waals surface area contributed by atoms with Crippen LogP contribution in [-0.2, 0) is 13.0 Å². The van der Waals surface area contributed by atoms with Crippen molar-refractivity contribution in [2.24, 2.45) is 0 Å². The molecular formula is C12H17N5O. The molecule has 3 heterocycles. The minimum absolute atomic E-state index is 0.263. The van der Waals surface area contributed by atoms with Gasteiger partial charge < -0.3 is 9.51 Å². The molecule has 1 fully saturated rings. The summed E-state index contributed by atoms with van der Waals surface area (Å²) in [6.07, 6.45) is 6.68. The Morgan fingerprint density at radius 1 is 1.56 bits per heavy atom. The molecule has 0 amide bonds. The lowest BCUT2D eigenvalue weighted by Gasteiger charge is -2.20. The van der Waals surface area contributed by atoms with Crippen LogP contribution in [0.4, 0.5) is 0 Å². The third-order valence-electron chi connectivity index (χ3n) is 3.36. The minimum Gasteiger partial charge on any atom is -0.348 e. The summed E-state index contributed by atoms with van der Waals surface area (Å²) in [6, 6.07) is 0.263. The van der Waals surface area contributed by atoms with Crippen molar-refractivity contribution in [2.45, 2.75) is 38.8 Å². The van der Waals surface area contributed by atoms with E-state index in [1.165, 1.54) is 6.42 Å². The molecule has 96 valence electrons. The van der Waals surface area contributed by atoms with E-state index in [4.69, 9.17) is 4.52 Å². The van der Waals surface area contributed by atoms with Crippen molar-refractivity contribution in [2.75, 3.05) is 6.54 Å². The predicted molar refractivity (Wildman–Crippen MR) is 64.6 cm³/mol. The van der Waals surface area contributed by atoms with E-state index in [2.05, 4.69) is 25.0 Å². The van der Waals surface area contributed by atoms with Crippen molar-refractivity contribution < 1.29 is 4.52 Å². The summed E-state index contributed by atoms with van der Waals surface area (Å²) in [5.74, 6) is 2.52. The molecular weight excluding hydrogens is 230 g/mol. The third kappa shape index (κ3) is 2.15. The van der Waals surface area contributed by atoms with Gasteiger partial charge in [-0.2, -0.15) is 4.98 Å². The van der Waals surface area contributed by atoms with Gasteiger partial charge in [0.05, 0.1) is 12.6 Å². The molecule has 0 bridgehead atoms. The van der Waals surface area contributed by atoms with Crippen LogP contribution in [0.1, 0.15) is 43.3 Å².